The van der Waals surface area contributed by atoms with E-state index >= 15 is 0 Å². The normalized spacial score (nSPS) is 13.2. The van der Waals surface area contributed by atoms with Crippen molar-refractivity contribution in [3.05, 3.63) is 88.9 Å². The second-order valence-corrected chi connectivity index (χ2v) is 10.5. The third-order valence-corrected chi connectivity index (χ3v) is 7.49. The number of hydrogen-bond acceptors (Lipinski definition) is 7. The Balaban J connectivity index is 1.55. The highest BCUT2D eigenvalue weighted by atomic mass is 35.5. The molecule has 0 saturated carbocycles. The minimum Gasteiger partial charge on any atom is -0.479 e. The van der Waals surface area contributed by atoms with Crippen LogP contribution in [0.5, 0.6) is 5.75 Å². The molecule has 0 aliphatic heterocycles. The molecule has 0 fully saturated rings. The number of carboxylic acids is 1. The summed E-state index contributed by atoms with van der Waals surface area (Å²) in [5.41, 5.74) is 1.67. The number of aliphatic hydroxyl groups excluding tert-OH is 2. The van der Waals surface area contributed by atoms with Crippen molar-refractivity contribution in [1.82, 2.24) is 5.32 Å². The maximum atomic E-state index is 13.0. The van der Waals surface area contributed by atoms with Crippen LogP contribution in [0.25, 0.3) is 0 Å². The van der Waals surface area contributed by atoms with E-state index < -0.39 is 28.0 Å². The van der Waals surface area contributed by atoms with Crippen molar-refractivity contribution in [1.29, 1.82) is 0 Å². The fourth-order valence-electron chi connectivity index (χ4n) is 3.49. The van der Waals surface area contributed by atoms with Crippen LogP contribution in [0.15, 0.2) is 82.6 Å². The molecule has 36 heavy (non-hydrogen) atoms. The molecule has 3 rings (SSSR count). The van der Waals surface area contributed by atoms with E-state index in [1.165, 1.54) is 36.4 Å². The van der Waals surface area contributed by atoms with Crippen LogP contribution in [0.1, 0.15) is 23.7 Å². The quantitative estimate of drug-likeness (QED) is 0.246. The predicted molar refractivity (Wildman–Crippen MR) is 135 cm³/mol. The summed E-state index contributed by atoms with van der Waals surface area (Å²) in [5.74, 6) is -1.02. The van der Waals surface area contributed by atoms with Gasteiger partial charge in [-0.15, -0.1) is 0 Å². The summed E-state index contributed by atoms with van der Waals surface area (Å²) in [6.07, 6.45) is -1.34. The number of carbonyl (C=O) groups is 1. The third-order valence-electron chi connectivity index (χ3n) is 5.47. The number of sulfone groups is 1. The first kappa shape index (κ1) is 27.6. The number of nitrogens with one attached hydrogen (secondary N) is 1. The average molecular weight is 534 g/mol. The first-order valence-corrected chi connectivity index (χ1v) is 13.2. The second-order valence-electron chi connectivity index (χ2n) is 8.10. The largest absolute Gasteiger partial charge is 0.479 e. The Labute approximate surface area is 215 Å². The Morgan fingerprint density at radius 2 is 1.64 bits per heavy atom. The predicted octanol–water partition coefficient (Wildman–Crippen LogP) is 3.25. The zero-order valence-electron chi connectivity index (χ0n) is 19.4. The minimum atomic E-state index is -3.77. The summed E-state index contributed by atoms with van der Waals surface area (Å²) in [5, 5.41) is 32.1. The summed E-state index contributed by atoms with van der Waals surface area (Å²) in [6, 6.07) is 19.1. The standard InChI is InChI=1S/C26H28ClNO7S/c27-20-3-1-2-19(16-20)24(30)17-28-14-12-18-4-8-22(9-5-18)36(33,34)23-10-6-21(7-11-23)35-25(13-15-29)26(31)32/h1-11,16,24-25,28-30H,12-15,17H2,(H,31,32). The van der Waals surface area contributed by atoms with E-state index in [1.54, 1.807) is 30.3 Å². The molecule has 3 aromatic carbocycles. The van der Waals surface area contributed by atoms with Crippen LogP contribution in [-0.4, -0.2) is 55.5 Å². The Bertz CT molecular complexity index is 1250. The van der Waals surface area contributed by atoms with E-state index in [9.17, 15) is 18.3 Å². The van der Waals surface area contributed by atoms with Gasteiger partial charge in [0.1, 0.15) is 5.75 Å². The number of rotatable bonds is 13. The molecule has 0 aliphatic carbocycles. The van der Waals surface area contributed by atoms with E-state index in [4.69, 9.17) is 26.6 Å². The molecule has 4 N–H and O–H groups in total. The van der Waals surface area contributed by atoms with E-state index in [0.29, 0.717) is 24.5 Å². The van der Waals surface area contributed by atoms with Crippen LogP contribution >= 0.6 is 11.6 Å². The van der Waals surface area contributed by atoms with Crippen molar-refractivity contribution in [2.75, 3.05) is 19.7 Å². The molecule has 0 bridgehead atoms. The molecule has 0 spiro atoms. The Kier molecular flexibility index (Phi) is 9.86. The molecule has 0 aromatic heterocycles. The average Bonchev–Trinajstić information content (AvgIpc) is 2.87. The number of aliphatic hydroxyl groups is 2. The molecule has 192 valence electrons. The van der Waals surface area contributed by atoms with Crippen LogP contribution in [0, 0.1) is 0 Å². The summed E-state index contributed by atoms with van der Waals surface area (Å²) < 4.78 is 31.2. The molecule has 3 aromatic rings. The fraction of sp³-hybridized carbons (Fsp3) is 0.269. The fourth-order valence-corrected chi connectivity index (χ4v) is 4.95. The van der Waals surface area contributed by atoms with Crippen molar-refractivity contribution in [3.8, 4) is 5.75 Å². The Morgan fingerprint density at radius 1 is 1.00 bits per heavy atom. The van der Waals surface area contributed by atoms with E-state index in [-0.39, 0.29) is 28.6 Å². The number of hydrogen-bond donors (Lipinski definition) is 4. The van der Waals surface area contributed by atoms with Gasteiger partial charge in [-0.2, -0.15) is 0 Å². The van der Waals surface area contributed by atoms with Crippen LogP contribution in [-0.2, 0) is 21.1 Å². The van der Waals surface area contributed by atoms with Gasteiger partial charge in [-0.05, 0) is 72.6 Å². The van der Waals surface area contributed by atoms with E-state index in [2.05, 4.69) is 5.32 Å². The molecule has 2 unspecified atom stereocenters. The molecular weight excluding hydrogens is 506 g/mol. The maximum Gasteiger partial charge on any atom is 0.344 e. The lowest BCUT2D eigenvalue weighted by molar-refractivity contribution is -0.145. The molecule has 8 nitrogen and oxygen atoms in total. The van der Waals surface area contributed by atoms with Gasteiger partial charge in [0.2, 0.25) is 9.84 Å². The molecule has 2 atom stereocenters. The Morgan fingerprint density at radius 3 is 2.22 bits per heavy atom. The molecule has 10 heteroatoms. The van der Waals surface area contributed by atoms with Gasteiger partial charge in [0, 0.05) is 24.6 Å². The lowest BCUT2D eigenvalue weighted by Crippen LogP contribution is -2.28. The molecule has 0 aliphatic rings. The highest BCUT2D eigenvalue weighted by Crippen LogP contribution is 2.24. The third kappa shape index (κ3) is 7.52. The van der Waals surface area contributed by atoms with E-state index in [1.807, 2.05) is 6.07 Å². The number of aliphatic carboxylic acids is 1. The molecule has 0 radical (unpaired) electrons. The van der Waals surface area contributed by atoms with Gasteiger partial charge in [-0.3, -0.25) is 0 Å². The van der Waals surface area contributed by atoms with Gasteiger partial charge in [-0.1, -0.05) is 35.9 Å². The van der Waals surface area contributed by atoms with Crippen molar-refractivity contribution in [2.24, 2.45) is 0 Å². The van der Waals surface area contributed by atoms with Crippen LogP contribution in [0.3, 0.4) is 0 Å². The van der Waals surface area contributed by atoms with Crippen molar-refractivity contribution in [3.63, 3.8) is 0 Å². The van der Waals surface area contributed by atoms with Crippen molar-refractivity contribution >= 4 is 27.4 Å². The van der Waals surface area contributed by atoms with E-state index in [0.717, 1.165) is 11.1 Å². The van der Waals surface area contributed by atoms with Gasteiger partial charge in [0.25, 0.3) is 0 Å². The van der Waals surface area contributed by atoms with Crippen LogP contribution in [0.4, 0.5) is 0 Å². The molecule has 0 heterocycles. The van der Waals surface area contributed by atoms with Gasteiger partial charge in [0.05, 0.1) is 15.9 Å². The smallest absolute Gasteiger partial charge is 0.344 e. The van der Waals surface area contributed by atoms with Gasteiger partial charge < -0.3 is 25.4 Å². The summed E-state index contributed by atoms with van der Waals surface area (Å²) in [6.45, 7) is 0.610. The maximum absolute atomic E-state index is 13.0. The SMILES string of the molecule is O=C(O)C(CCO)Oc1ccc(S(=O)(=O)c2ccc(CCNCC(O)c3cccc(Cl)c3)cc2)cc1. The molecule has 0 amide bonds. The second kappa shape index (κ2) is 12.8. The first-order chi connectivity index (χ1) is 17.2. The number of ether oxygens (including phenoxy) is 1. The molecule has 0 saturated heterocycles. The number of benzene rings is 3. The van der Waals surface area contributed by atoms with Crippen molar-refractivity contribution in [2.45, 2.75) is 34.8 Å². The Hall–Kier alpha value is -2.95. The van der Waals surface area contributed by atoms with Gasteiger partial charge >= 0.3 is 5.97 Å². The summed E-state index contributed by atoms with van der Waals surface area (Å²) >= 11 is 5.95. The topological polar surface area (TPSA) is 133 Å². The van der Waals surface area contributed by atoms with Crippen LogP contribution < -0.4 is 10.1 Å². The minimum absolute atomic E-state index is 0.0494. The lowest BCUT2D eigenvalue weighted by atomic mass is 10.1. The zero-order chi connectivity index (χ0) is 26.1. The highest BCUT2D eigenvalue weighted by Gasteiger charge is 2.21. The van der Waals surface area contributed by atoms with Gasteiger partial charge in [0.15, 0.2) is 6.10 Å². The number of carboxylic acid groups (broad SMARTS) is 1. The zero-order valence-corrected chi connectivity index (χ0v) is 21.0. The van der Waals surface area contributed by atoms with Crippen LogP contribution in [0.2, 0.25) is 5.02 Å². The summed E-state index contributed by atoms with van der Waals surface area (Å²) in [4.78, 5) is 11.3. The monoisotopic (exact) mass is 533 g/mol. The summed E-state index contributed by atoms with van der Waals surface area (Å²) in [7, 11) is -3.77. The highest BCUT2D eigenvalue weighted by molar-refractivity contribution is 7.91. The first-order valence-electron chi connectivity index (χ1n) is 11.3. The lowest BCUT2D eigenvalue weighted by Gasteiger charge is -2.14. The molecular formula is C26H28ClNO7S. The van der Waals surface area contributed by atoms with Crippen molar-refractivity contribution < 1.29 is 33.3 Å². The van der Waals surface area contributed by atoms with Gasteiger partial charge in [-0.25, -0.2) is 13.2 Å². The number of halogens is 1.